The number of nitrogens with zero attached hydrogens (tertiary/aromatic N) is 1. The van der Waals surface area contributed by atoms with Gasteiger partial charge in [-0.2, -0.15) is 0 Å². The quantitative estimate of drug-likeness (QED) is 0.870. The van der Waals surface area contributed by atoms with Crippen LogP contribution in [0.2, 0.25) is 5.02 Å². The first-order valence-electron chi connectivity index (χ1n) is 5.79. The van der Waals surface area contributed by atoms with Crippen LogP contribution in [0, 0.1) is 0 Å². The summed E-state index contributed by atoms with van der Waals surface area (Å²) in [5.74, 6) is 1.59. The highest BCUT2D eigenvalue weighted by Gasteiger charge is 2.05. The molecular weight excluding hydrogens is 252 g/mol. The molecule has 0 radical (unpaired) electrons. The fraction of sp³-hybridized carbons (Fsp3) is 0.308. The minimum Gasteiger partial charge on any atom is -0.467 e. The Morgan fingerprint density at radius 2 is 2.22 bits per heavy atom. The molecule has 0 unspecified atom stereocenters. The van der Waals surface area contributed by atoms with E-state index in [-0.39, 0.29) is 0 Å². The topological polar surface area (TPSA) is 47.3 Å². The summed E-state index contributed by atoms with van der Waals surface area (Å²) < 4.78 is 10.7. The van der Waals surface area contributed by atoms with Crippen LogP contribution in [0.5, 0.6) is 0 Å². The summed E-state index contributed by atoms with van der Waals surface area (Å²) >= 11 is 6.06. The molecular formula is C13H15ClN2O2. The second kappa shape index (κ2) is 6.42. The average Bonchev–Trinajstić information content (AvgIpc) is 2.86. The molecule has 0 atom stereocenters. The monoisotopic (exact) mass is 266 g/mol. The van der Waals surface area contributed by atoms with Gasteiger partial charge in [-0.15, -0.1) is 0 Å². The minimum absolute atomic E-state index is 0.360. The predicted octanol–water partition coefficient (Wildman–Crippen LogP) is 3.48. The van der Waals surface area contributed by atoms with Crippen molar-refractivity contribution < 1.29 is 9.15 Å². The third kappa shape index (κ3) is 3.48. The Kier molecular flexibility index (Phi) is 4.61. The van der Waals surface area contributed by atoms with E-state index in [0.29, 0.717) is 18.2 Å². The van der Waals surface area contributed by atoms with Crippen molar-refractivity contribution in [2.45, 2.75) is 20.1 Å². The Morgan fingerprint density at radius 3 is 2.94 bits per heavy atom. The fourth-order valence-electron chi connectivity index (χ4n) is 1.51. The first kappa shape index (κ1) is 12.9. The number of rotatable bonds is 6. The van der Waals surface area contributed by atoms with Crippen molar-refractivity contribution in [1.29, 1.82) is 0 Å². The normalized spacial score (nSPS) is 10.6. The SMILES string of the molecule is CCNc1ccc(Cl)c(COCc2ccco2)n1. The number of furan rings is 1. The van der Waals surface area contributed by atoms with Crippen molar-refractivity contribution in [3.8, 4) is 0 Å². The summed E-state index contributed by atoms with van der Waals surface area (Å²) in [4.78, 5) is 4.38. The Balaban J connectivity index is 1.93. The van der Waals surface area contributed by atoms with E-state index in [0.717, 1.165) is 23.8 Å². The maximum absolute atomic E-state index is 6.06. The molecule has 18 heavy (non-hydrogen) atoms. The van der Waals surface area contributed by atoms with Gasteiger partial charge in [0.25, 0.3) is 0 Å². The lowest BCUT2D eigenvalue weighted by Gasteiger charge is -2.07. The summed E-state index contributed by atoms with van der Waals surface area (Å²) in [6.45, 7) is 3.61. The second-order valence-corrected chi connectivity index (χ2v) is 4.13. The van der Waals surface area contributed by atoms with Gasteiger partial charge in [0, 0.05) is 6.54 Å². The molecule has 5 heteroatoms. The molecule has 0 amide bonds. The number of pyridine rings is 1. The molecule has 2 rings (SSSR count). The van der Waals surface area contributed by atoms with Gasteiger partial charge in [0.1, 0.15) is 18.2 Å². The average molecular weight is 267 g/mol. The molecule has 0 saturated carbocycles. The van der Waals surface area contributed by atoms with Gasteiger partial charge in [0.15, 0.2) is 0 Å². The van der Waals surface area contributed by atoms with Gasteiger partial charge in [0.05, 0.1) is 23.6 Å². The Bertz CT molecular complexity index is 486. The van der Waals surface area contributed by atoms with Crippen LogP contribution in [0.15, 0.2) is 34.9 Å². The molecule has 0 aliphatic carbocycles. The minimum atomic E-state index is 0.360. The summed E-state index contributed by atoms with van der Waals surface area (Å²) in [7, 11) is 0. The van der Waals surface area contributed by atoms with Gasteiger partial charge < -0.3 is 14.5 Å². The molecule has 0 saturated heterocycles. The highest BCUT2D eigenvalue weighted by atomic mass is 35.5. The molecule has 4 nitrogen and oxygen atoms in total. The molecule has 0 aliphatic rings. The first-order valence-corrected chi connectivity index (χ1v) is 6.17. The molecule has 0 aromatic carbocycles. The van der Waals surface area contributed by atoms with Crippen LogP contribution in [0.4, 0.5) is 5.82 Å². The molecule has 0 spiro atoms. The van der Waals surface area contributed by atoms with Crippen LogP contribution in [0.1, 0.15) is 18.4 Å². The number of nitrogens with one attached hydrogen (secondary N) is 1. The number of anilines is 1. The summed E-state index contributed by atoms with van der Waals surface area (Å²) in [5.41, 5.74) is 0.724. The fourth-order valence-corrected chi connectivity index (χ4v) is 1.67. The van der Waals surface area contributed by atoms with E-state index in [1.165, 1.54) is 0 Å². The van der Waals surface area contributed by atoms with E-state index in [9.17, 15) is 0 Å². The van der Waals surface area contributed by atoms with Gasteiger partial charge in [0.2, 0.25) is 0 Å². The zero-order valence-electron chi connectivity index (χ0n) is 10.1. The van der Waals surface area contributed by atoms with Crippen molar-refractivity contribution >= 4 is 17.4 Å². The van der Waals surface area contributed by atoms with Crippen LogP contribution in [-0.4, -0.2) is 11.5 Å². The van der Waals surface area contributed by atoms with Crippen molar-refractivity contribution in [2.75, 3.05) is 11.9 Å². The van der Waals surface area contributed by atoms with Gasteiger partial charge in [-0.25, -0.2) is 4.98 Å². The predicted molar refractivity (Wildman–Crippen MR) is 70.6 cm³/mol. The summed E-state index contributed by atoms with van der Waals surface area (Å²) in [6.07, 6.45) is 1.62. The highest BCUT2D eigenvalue weighted by molar-refractivity contribution is 6.31. The van der Waals surface area contributed by atoms with E-state index in [1.807, 2.05) is 31.2 Å². The van der Waals surface area contributed by atoms with E-state index < -0.39 is 0 Å². The number of ether oxygens (including phenoxy) is 1. The zero-order valence-corrected chi connectivity index (χ0v) is 10.9. The maximum Gasteiger partial charge on any atom is 0.129 e. The van der Waals surface area contributed by atoms with Gasteiger partial charge in [-0.05, 0) is 31.2 Å². The van der Waals surface area contributed by atoms with Gasteiger partial charge in [-0.1, -0.05) is 11.6 Å². The molecule has 2 heterocycles. The van der Waals surface area contributed by atoms with Crippen molar-refractivity contribution in [2.24, 2.45) is 0 Å². The third-order valence-electron chi connectivity index (χ3n) is 2.34. The van der Waals surface area contributed by atoms with Crippen LogP contribution in [0.25, 0.3) is 0 Å². The Hall–Kier alpha value is -1.52. The van der Waals surface area contributed by atoms with Gasteiger partial charge in [-0.3, -0.25) is 0 Å². The van der Waals surface area contributed by atoms with E-state index in [1.54, 1.807) is 6.26 Å². The number of hydrogen-bond donors (Lipinski definition) is 1. The largest absolute Gasteiger partial charge is 0.467 e. The zero-order chi connectivity index (χ0) is 12.8. The Labute approximate surface area is 111 Å². The van der Waals surface area contributed by atoms with Crippen molar-refractivity contribution in [3.05, 3.63) is 47.0 Å². The van der Waals surface area contributed by atoms with Crippen LogP contribution in [-0.2, 0) is 18.0 Å². The third-order valence-corrected chi connectivity index (χ3v) is 2.68. The second-order valence-electron chi connectivity index (χ2n) is 3.73. The molecule has 0 fully saturated rings. The van der Waals surface area contributed by atoms with Gasteiger partial charge >= 0.3 is 0 Å². The lowest BCUT2D eigenvalue weighted by Crippen LogP contribution is -2.03. The highest BCUT2D eigenvalue weighted by Crippen LogP contribution is 2.18. The first-order chi connectivity index (χ1) is 8.79. The van der Waals surface area contributed by atoms with E-state index in [2.05, 4.69) is 10.3 Å². The van der Waals surface area contributed by atoms with Crippen LogP contribution in [0.3, 0.4) is 0 Å². The van der Waals surface area contributed by atoms with Crippen molar-refractivity contribution in [1.82, 2.24) is 4.98 Å². The molecule has 2 aromatic heterocycles. The number of hydrogen-bond acceptors (Lipinski definition) is 4. The number of aromatic nitrogens is 1. The van der Waals surface area contributed by atoms with E-state index in [4.69, 9.17) is 20.8 Å². The maximum atomic E-state index is 6.06. The number of halogens is 1. The van der Waals surface area contributed by atoms with Crippen LogP contribution < -0.4 is 5.32 Å². The standard InChI is InChI=1S/C13H15ClN2O2/c1-2-15-13-6-5-11(14)12(16-13)9-17-8-10-4-3-7-18-10/h3-7H,2,8-9H2,1H3,(H,15,16). The summed E-state index contributed by atoms with van der Waals surface area (Å²) in [6, 6.07) is 7.36. The Morgan fingerprint density at radius 1 is 1.33 bits per heavy atom. The lowest BCUT2D eigenvalue weighted by molar-refractivity contribution is 0.0908. The van der Waals surface area contributed by atoms with E-state index >= 15 is 0 Å². The molecule has 1 N–H and O–H groups in total. The lowest BCUT2D eigenvalue weighted by atomic mass is 10.3. The summed E-state index contributed by atoms with van der Waals surface area (Å²) in [5, 5.41) is 3.74. The van der Waals surface area contributed by atoms with Crippen molar-refractivity contribution in [3.63, 3.8) is 0 Å². The molecule has 2 aromatic rings. The molecule has 96 valence electrons. The molecule has 0 aliphatic heterocycles. The van der Waals surface area contributed by atoms with Crippen LogP contribution >= 0.6 is 11.6 Å². The smallest absolute Gasteiger partial charge is 0.129 e. The molecule has 0 bridgehead atoms.